The second kappa shape index (κ2) is 8.98. The number of aromatic nitrogens is 2. The Morgan fingerprint density at radius 3 is 2.78 bits per heavy atom. The number of hydrogen-bond donors (Lipinski definition) is 2. The van der Waals surface area contributed by atoms with Gasteiger partial charge >= 0.3 is 0 Å². The van der Waals surface area contributed by atoms with Crippen LogP contribution in [0, 0.1) is 5.92 Å². The maximum Gasteiger partial charge on any atom is 0.191 e. The van der Waals surface area contributed by atoms with Gasteiger partial charge in [0.05, 0.1) is 6.33 Å². The van der Waals surface area contributed by atoms with Crippen LogP contribution in [0.3, 0.4) is 0 Å². The topological polar surface area (TPSA) is 54.2 Å². The molecule has 5 heteroatoms. The SMILES string of the molecule is CN=C(NCCC(C)C)NCc1cccc(Cn2ccnc2)c1. The molecule has 0 saturated carbocycles. The molecule has 2 aromatic rings. The molecule has 0 unspecified atom stereocenters. The number of imidazole rings is 1. The third-order valence-corrected chi connectivity index (χ3v) is 3.61. The van der Waals surface area contributed by atoms with Crippen LogP contribution >= 0.6 is 0 Å². The van der Waals surface area contributed by atoms with E-state index in [9.17, 15) is 0 Å². The maximum atomic E-state index is 4.27. The average Bonchev–Trinajstić information content (AvgIpc) is 3.03. The molecule has 1 heterocycles. The van der Waals surface area contributed by atoms with Crippen molar-refractivity contribution in [3.05, 3.63) is 54.1 Å². The highest BCUT2D eigenvalue weighted by molar-refractivity contribution is 5.79. The van der Waals surface area contributed by atoms with E-state index in [-0.39, 0.29) is 0 Å². The van der Waals surface area contributed by atoms with Crippen LogP contribution in [0.25, 0.3) is 0 Å². The van der Waals surface area contributed by atoms with Crippen LogP contribution in [0.5, 0.6) is 0 Å². The Balaban J connectivity index is 1.84. The lowest BCUT2D eigenvalue weighted by Crippen LogP contribution is -2.37. The summed E-state index contributed by atoms with van der Waals surface area (Å²) in [7, 11) is 1.81. The molecule has 1 aromatic carbocycles. The quantitative estimate of drug-likeness (QED) is 0.610. The van der Waals surface area contributed by atoms with E-state index in [4.69, 9.17) is 0 Å². The third kappa shape index (κ3) is 6.14. The molecule has 5 nitrogen and oxygen atoms in total. The van der Waals surface area contributed by atoms with E-state index in [1.54, 1.807) is 13.2 Å². The van der Waals surface area contributed by atoms with E-state index in [2.05, 4.69) is 63.3 Å². The van der Waals surface area contributed by atoms with Gasteiger partial charge in [-0.05, 0) is 23.5 Å². The van der Waals surface area contributed by atoms with Gasteiger partial charge in [0.25, 0.3) is 0 Å². The molecule has 0 atom stereocenters. The van der Waals surface area contributed by atoms with Gasteiger partial charge in [0.15, 0.2) is 5.96 Å². The molecule has 0 aliphatic heterocycles. The lowest BCUT2D eigenvalue weighted by molar-refractivity contribution is 0.573. The summed E-state index contributed by atoms with van der Waals surface area (Å²) in [6.07, 6.45) is 6.76. The molecule has 0 fully saturated rings. The van der Waals surface area contributed by atoms with Crippen molar-refractivity contribution in [2.45, 2.75) is 33.4 Å². The second-order valence-corrected chi connectivity index (χ2v) is 6.09. The molecule has 0 saturated heterocycles. The molecule has 0 aliphatic rings. The van der Waals surface area contributed by atoms with Gasteiger partial charge in [0.1, 0.15) is 0 Å². The highest BCUT2D eigenvalue weighted by atomic mass is 15.2. The number of aliphatic imine (C=N–C) groups is 1. The Morgan fingerprint density at radius 1 is 1.26 bits per heavy atom. The Hall–Kier alpha value is -2.30. The van der Waals surface area contributed by atoms with Crippen molar-refractivity contribution in [3.8, 4) is 0 Å². The van der Waals surface area contributed by atoms with E-state index in [1.165, 1.54) is 11.1 Å². The first kappa shape index (κ1) is 17.1. The van der Waals surface area contributed by atoms with Gasteiger partial charge in [-0.15, -0.1) is 0 Å². The van der Waals surface area contributed by atoms with Gasteiger partial charge in [-0.25, -0.2) is 4.98 Å². The van der Waals surface area contributed by atoms with Gasteiger partial charge in [0.2, 0.25) is 0 Å². The summed E-state index contributed by atoms with van der Waals surface area (Å²) in [6, 6.07) is 8.58. The smallest absolute Gasteiger partial charge is 0.191 e. The average molecular weight is 313 g/mol. The number of guanidine groups is 1. The van der Waals surface area contributed by atoms with Crippen LogP contribution in [-0.2, 0) is 13.1 Å². The van der Waals surface area contributed by atoms with Crippen molar-refractivity contribution >= 4 is 5.96 Å². The lowest BCUT2D eigenvalue weighted by atomic mass is 10.1. The zero-order valence-corrected chi connectivity index (χ0v) is 14.3. The number of nitrogens with zero attached hydrogens (tertiary/aromatic N) is 3. The zero-order valence-electron chi connectivity index (χ0n) is 14.3. The molecule has 0 bridgehead atoms. The van der Waals surface area contributed by atoms with Gasteiger partial charge in [-0.3, -0.25) is 4.99 Å². The van der Waals surface area contributed by atoms with E-state index in [0.29, 0.717) is 5.92 Å². The van der Waals surface area contributed by atoms with Crippen molar-refractivity contribution in [3.63, 3.8) is 0 Å². The minimum Gasteiger partial charge on any atom is -0.356 e. The number of nitrogens with one attached hydrogen (secondary N) is 2. The molecule has 0 amide bonds. The number of rotatable bonds is 7. The van der Waals surface area contributed by atoms with Crippen molar-refractivity contribution in [1.29, 1.82) is 0 Å². The maximum absolute atomic E-state index is 4.27. The van der Waals surface area contributed by atoms with Gasteiger partial charge in [0, 0.05) is 39.1 Å². The summed E-state index contributed by atoms with van der Waals surface area (Å²) < 4.78 is 2.07. The summed E-state index contributed by atoms with van der Waals surface area (Å²) in [5.41, 5.74) is 2.51. The van der Waals surface area contributed by atoms with E-state index >= 15 is 0 Å². The first-order valence-electron chi connectivity index (χ1n) is 8.15. The van der Waals surface area contributed by atoms with Crippen molar-refractivity contribution < 1.29 is 0 Å². The van der Waals surface area contributed by atoms with E-state index in [0.717, 1.165) is 32.0 Å². The molecule has 0 aliphatic carbocycles. The number of hydrogen-bond acceptors (Lipinski definition) is 2. The van der Waals surface area contributed by atoms with Crippen LogP contribution in [0.2, 0.25) is 0 Å². The molecule has 2 rings (SSSR count). The molecule has 0 spiro atoms. The third-order valence-electron chi connectivity index (χ3n) is 3.61. The second-order valence-electron chi connectivity index (χ2n) is 6.09. The molecule has 0 radical (unpaired) electrons. The van der Waals surface area contributed by atoms with Crippen LogP contribution < -0.4 is 10.6 Å². The fourth-order valence-electron chi connectivity index (χ4n) is 2.31. The highest BCUT2D eigenvalue weighted by Crippen LogP contribution is 2.07. The predicted molar refractivity (Wildman–Crippen MR) is 95.4 cm³/mol. The van der Waals surface area contributed by atoms with Crippen LogP contribution in [0.15, 0.2) is 48.0 Å². The molecule has 1 aromatic heterocycles. The first-order chi connectivity index (χ1) is 11.2. The van der Waals surface area contributed by atoms with Gasteiger partial charge in [-0.1, -0.05) is 38.1 Å². The van der Waals surface area contributed by atoms with Crippen molar-refractivity contribution in [2.24, 2.45) is 10.9 Å². The van der Waals surface area contributed by atoms with Crippen LogP contribution in [0.1, 0.15) is 31.4 Å². The fraction of sp³-hybridized carbons (Fsp3) is 0.444. The summed E-state index contributed by atoms with van der Waals surface area (Å²) in [6.45, 7) is 7.00. The Kier molecular flexibility index (Phi) is 6.66. The van der Waals surface area contributed by atoms with E-state index in [1.807, 2.05) is 12.5 Å². The monoisotopic (exact) mass is 313 g/mol. The standard InChI is InChI=1S/C18H27N5/c1-15(2)7-8-21-18(19-3)22-12-16-5-4-6-17(11-16)13-23-10-9-20-14-23/h4-6,9-11,14-15H,7-8,12-13H2,1-3H3,(H2,19,21,22). The minimum atomic E-state index is 0.695. The van der Waals surface area contributed by atoms with Crippen LogP contribution in [0.4, 0.5) is 0 Å². The highest BCUT2D eigenvalue weighted by Gasteiger charge is 2.01. The first-order valence-corrected chi connectivity index (χ1v) is 8.15. The molecular formula is C18H27N5. The van der Waals surface area contributed by atoms with Gasteiger partial charge < -0.3 is 15.2 Å². The molecule has 124 valence electrons. The largest absolute Gasteiger partial charge is 0.356 e. The molecule has 2 N–H and O–H groups in total. The minimum absolute atomic E-state index is 0.695. The summed E-state index contributed by atoms with van der Waals surface area (Å²) in [4.78, 5) is 8.34. The van der Waals surface area contributed by atoms with Crippen molar-refractivity contribution in [1.82, 2.24) is 20.2 Å². The van der Waals surface area contributed by atoms with Crippen molar-refractivity contribution in [2.75, 3.05) is 13.6 Å². The molecular weight excluding hydrogens is 286 g/mol. The Labute approximate surface area is 138 Å². The summed E-state index contributed by atoms with van der Waals surface area (Å²) >= 11 is 0. The summed E-state index contributed by atoms with van der Waals surface area (Å²) in [5, 5.41) is 6.71. The number of benzene rings is 1. The van der Waals surface area contributed by atoms with Gasteiger partial charge in [-0.2, -0.15) is 0 Å². The predicted octanol–water partition coefficient (Wildman–Crippen LogP) is 2.64. The lowest BCUT2D eigenvalue weighted by Gasteiger charge is -2.13. The fourth-order valence-corrected chi connectivity index (χ4v) is 2.31. The Morgan fingerprint density at radius 2 is 2.09 bits per heavy atom. The normalized spacial score (nSPS) is 11.7. The van der Waals surface area contributed by atoms with Crippen LogP contribution in [-0.4, -0.2) is 29.1 Å². The summed E-state index contributed by atoms with van der Waals surface area (Å²) in [5.74, 6) is 1.55. The Bertz CT molecular complexity index is 602. The van der Waals surface area contributed by atoms with E-state index < -0.39 is 0 Å². The molecule has 23 heavy (non-hydrogen) atoms. The zero-order chi connectivity index (χ0) is 16.5.